The minimum absolute atomic E-state index is 0.382. The zero-order valence-electron chi connectivity index (χ0n) is 13.6. The third-order valence-electron chi connectivity index (χ3n) is 3.94. The summed E-state index contributed by atoms with van der Waals surface area (Å²) >= 11 is 5.57. The van der Waals surface area contributed by atoms with Crippen molar-refractivity contribution in [1.29, 1.82) is 0 Å². The Morgan fingerprint density at radius 3 is 3.00 bits per heavy atom. The molecule has 0 fully saturated rings. The fourth-order valence-electron chi connectivity index (χ4n) is 2.56. The highest BCUT2D eigenvalue weighted by atomic mass is 35.5. The van der Waals surface area contributed by atoms with Crippen LogP contribution in [0.2, 0.25) is 0 Å². The van der Waals surface area contributed by atoms with Crippen LogP contribution in [-0.4, -0.2) is 16.5 Å². The molecule has 24 heavy (non-hydrogen) atoms. The highest BCUT2D eigenvalue weighted by molar-refractivity contribution is 6.67. The number of hydrazone groups is 1. The Labute approximate surface area is 147 Å². The number of rotatable bonds is 1. The Morgan fingerprint density at radius 2 is 2.21 bits per heavy atom. The molecule has 4 heteroatoms. The zero-order valence-corrected chi connectivity index (χ0v) is 14.3. The first-order chi connectivity index (χ1) is 11.5. The Kier molecular flexibility index (Phi) is 4.69. The average molecular weight is 337 g/mol. The van der Waals surface area contributed by atoms with Crippen LogP contribution in [0.15, 0.2) is 59.0 Å². The summed E-state index contributed by atoms with van der Waals surface area (Å²) in [5.41, 5.74) is 4.12. The smallest absolute Gasteiger partial charge is 0.252 e. The quantitative estimate of drug-likeness (QED) is 0.563. The summed E-state index contributed by atoms with van der Waals surface area (Å²) in [7, 11) is 0. The predicted molar refractivity (Wildman–Crippen MR) is 97.7 cm³/mol. The molecule has 0 amide bonds. The molecule has 1 unspecified atom stereocenters. The van der Waals surface area contributed by atoms with E-state index in [0.29, 0.717) is 11.5 Å². The van der Waals surface area contributed by atoms with Crippen LogP contribution >= 0.6 is 11.6 Å². The van der Waals surface area contributed by atoms with Crippen LogP contribution in [0.3, 0.4) is 0 Å². The van der Waals surface area contributed by atoms with E-state index in [4.69, 9.17) is 11.6 Å². The van der Waals surface area contributed by atoms with Gasteiger partial charge in [0.1, 0.15) is 5.70 Å². The SMILES string of the molecule is Cc1ccc(C(=O)Cl)cc1C#CC1=CC(C)CC=C2C=CC=NN12. The topological polar surface area (TPSA) is 32.7 Å². The largest absolute Gasteiger partial charge is 0.276 e. The van der Waals surface area contributed by atoms with E-state index < -0.39 is 5.24 Å². The molecule has 3 rings (SSSR count). The van der Waals surface area contributed by atoms with Crippen molar-refractivity contribution in [2.75, 3.05) is 0 Å². The van der Waals surface area contributed by atoms with Gasteiger partial charge in [-0.15, -0.1) is 0 Å². The first kappa shape index (κ1) is 16.3. The average Bonchev–Trinajstić information content (AvgIpc) is 2.73. The molecule has 2 heterocycles. The Balaban J connectivity index is 1.99. The Bertz CT molecular complexity index is 865. The Hall–Kier alpha value is -2.57. The second kappa shape index (κ2) is 6.90. The number of hydrogen-bond acceptors (Lipinski definition) is 3. The van der Waals surface area contributed by atoms with Gasteiger partial charge in [0.25, 0.3) is 5.24 Å². The van der Waals surface area contributed by atoms with Gasteiger partial charge in [0.05, 0.1) is 5.70 Å². The molecule has 2 aliphatic heterocycles. The van der Waals surface area contributed by atoms with Crippen molar-refractivity contribution in [3.05, 3.63) is 70.6 Å². The van der Waals surface area contributed by atoms with Crippen molar-refractivity contribution in [3.63, 3.8) is 0 Å². The molecule has 1 atom stereocenters. The third kappa shape index (κ3) is 3.50. The van der Waals surface area contributed by atoms with Crippen molar-refractivity contribution in [1.82, 2.24) is 5.01 Å². The molecule has 1 aromatic carbocycles. The van der Waals surface area contributed by atoms with Crippen LogP contribution in [0.25, 0.3) is 0 Å². The summed E-state index contributed by atoms with van der Waals surface area (Å²) in [6, 6.07) is 5.30. The lowest BCUT2D eigenvalue weighted by Crippen LogP contribution is -2.16. The fourth-order valence-corrected chi connectivity index (χ4v) is 2.68. The van der Waals surface area contributed by atoms with Gasteiger partial charge in [0.2, 0.25) is 0 Å². The van der Waals surface area contributed by atoms with E-state index in [2.05, 4.69) is 36.0 Å². The number of nitrogens with zero attached hydrogens (tertiary/aromatic N) is 2. The number of benzene rings is 1. The summed E-state index contributed by atoms with van der Waals surface area (Å²) in [6.07, 6.45) is 10.9. The van der Waals surface area contributed by atoms with Crippen molar-refractivity contribution >= 4 is 23.1 Å². The van der Waals surface area contributed by atoms with Crippen molar-refractivity contribution in [2.45, 2.75) is 20.3 Å². The molecule has 2 aliphatic rings. The minimum atomic E-state index is -0.476. The first-order valence-corrected chi connectivity index (χ1v) is 8.17. The van der Waals surface area contributed by atoms with Gasteiger partial charge in [0, 0.05) is 17.3 Å². The van der Waals surface area contributed by atoms with Gasteiger partial charge in [-0.3, -0.25) is 4.79 Å². The summed E-state index contributed by atoms with van der Waals surface area (Å²) < 4.78 is 0. The maximum absolute atomic E-state index is 11.4. The molecular formula is C20H17ClN2O. The van der Waals surface area contributed by atoms with Gasteiger partial charge >= 0.3 is 0 Å². The number of carbonyl (C=O) groups excluding carboxylic acids is 1. The van der Waals surface area contributed by atoms with Crippen molar-refractivity contribution in [3.8, 4) is 11.8 Å². The molecule has 120 valence electrons. The number of fused-ring (bicyclic) bond motifs is 1. The monoisotopic (exact) mass is 336 g/mol. The van der Waals surface area contributed by atoms with E-state index in [0.717, 1.165) is 28.9 Å². The van der Waals surface area contributed by atoms with Crippen LogP contribution in [0.5, 0.6) is 0 Å². The molecule has 0 bridgehead atoms. The molecule has 1 aromatic rings. The number of carbonyl (C=O) groups is 1. The van der Waals surface area contributed by atoms with Crippen LogP contribution < -0.4 is 0 Å². The van der Waals surface area contributed by atoms with E-state index >= 15 is 0 Å². The van der Waals surface area contributed by atoms with E-state index in [1.165, 1.54) is 0 Å². The highest BCUT2D eigenvalue weighted by Crippen LogP contribution is 2.25. The second-order valence-corrected chi connectivity index (χ2v) is 6.23. The summed E-state index contributed by atoms with van der Waals surface area (Å²) in [6.45, 7) is 4.12. The van der Waals surface area contributed by atoms with Crippen LogP contribution in [0.4, 0.5) is 0 Å². The lowest BCUT2D eigenvalue weighted by Gasteiger charge is -2.20. The summed E-state index contributed by atoms with van der Waals surface area (Å²) in [4.78, 5) is 11.4. The van der Waals surface area contributed by atoms with Gasteiger partial charge in [-0.1, -0.05) is 25.0 Å². The molecule has 0 aliphatic carbocycles. The van der Waals surface area contributed by atoms with Crippen molar-refractivity contribution in [2.24, 2.45) is 11.0 Å². The molecule has 0 N–H and O–H groups in total. The number of aryl methyl sites for hydroxylation is 1. The van der Waals surface area contributed by atoms with Gasteiger partial charge < -0.3 is 0 Å². The van der Waals surface area contributed by atoms with Crippen LogP contribution in [-0.2, 0) is 0 Å². The van der Waals surface area contributed by atoms with E-state index in [-0.39, 0.29) is 0 Å². The van der Waals surface area contributed by atoms with Gasteiger partial charge in [-0.25, -0.2) is 5.01 Å². The summed E-state index contributed by atoms with van der Waals surface area (Å²) in [5.74, 6) is 6.75. The molecular weight excluding hydrogens is 320 g/mol. The number of hydrogen-bond donors (Lipinski definition) is 0. The molecule has 0 radical (unpaired) electrons. The van der Waals surface area contributed by atoms with E-state index in [9.17, 15) is 4.79 Å². The maximum Gasteiger partial charge on any atom is 0.252 e. The fraction of sp³-hybridized carbons (Fsp3) is 0.200. The standard InChI is InChI=1S/C20H17ClN2O/c1-14-5-9-18-4-3-11-22-23(18)19(12-14)10-8-16-13-17(20(21)24)7-6-15(16)2/h3-4,6-7,9,11-14H,5H2,1-2H3. The molecule has 0 aromatic heterocycles. The van der Waals surface area contributed by atoms with E-state index in [1.54, 1.807) is 18.3 Å². The van der Waals surface area contributed by atoms with Crippen molar-refractivity contribution < 1.29 is 4.79 Å². The zero-order chi connectivity index (χ0) is 17.1. The van der Waals surface area contributed by atoms with Crippen LogP contribution in [0, 0.1) is 24.7 Å². The maximum atomic E-state index is 11.4. The number of halogens is 1. The van der Waals surface area contributed by atoms with Gasteiger partial charge in [0.15, 0.2) is 0 Å². The molecule has 0 spiro atoms. The Morgan fingerprint density at radius 1 is 1.38 bits per heavy atom. The van der Waals surface area contributed by atoms with E-state index in [1.807, 2.05) is 30.2 Å². The lowest BCUT2D eigenvalue weighted by atomic mass is 10.0. The summed E-state index contributed by atoms with van der Waals surface area (Å²) in [5, 5.41) is 5.79. The normalized spacial score (nSPS) is 18.8. The minimum Gasteiger partial charge on any atom is -0.276 e. The lowest BCUT2D eigenvalue weighted by molar-refractivity contribution is 0.108. The highest BCUT2D eigenvalue weighted by Gasteiger charge is 2.17. The molecule has 0 saturated carbocycles. The second-order valence-electron chi connectivity index (χ2n) is 5.88. The van der Waals surface area contributed by atoms with Gasteiger partial charge in [-0.05, 0) is 72.7 Å². The van der Waals surface area contributed by atoms with Gasteiger partial charge in [-0.2, -0.15) is 5.10 Å². The molecule has 0 saturated heterocycles. The first-order valence-electron chi connectivity index (χ1n) is 7.80. The third-order valence-corrected chi connectivity index (χ3v) is 4.16. The number of allylic oxidation sites excluding steroid dienone is 5. The van der Waals surface area contributed by atoms with Crippen LogP contribution in [0.1, 0.15) is 34.8 Å². The predicted octanol–water partition coefficient (Wildman–Crippen LogP) is 4.39. The molecule has 3 nitrogen and oxygen atoms in total.